The van der Waals surface area contributed by atoms with Crippen molar-refractivity contribution in [2.45, 2.75) is 71.6 Å². The summed E-state index contributed by atoms with van der Waals surface area (Å²) in [4.78, 5) is 37.6. The highest BCUT2D eigenvalue weighted by molar-refractivity contribution is 5.98. The minimum atomic E-state index is -1.13. The van der Waals surface area contributed by atoms with Crippen LogP contribution in [0.5, 0.6) is 23.0 Å². The number of aromatic hydroxyl groups is 1. The number of Topliss-reactive ketones (excluding diaryl/α,β-unsaturated/α-hetero) is 1. The minimum Gasteiger partial charge on any atom is -0.507 e. The van der Waals surface area contributed by atoms with Crippen LogP contribution in [0.1, 0.15) is 90.6 Å². The van der Waals surface area contributed by atoms with Gasteiger partial charge in [-0.15, -0.1) is 0 Å². The van der Waals surface area contributed by atoms with Crippen LogP contribution in [0.2, 0.25) is 0 Å². The number of phenols is 1. The molecule has 2 aromatic rings. The van der Waals surface area contributed by atoms with E-state index in [0.717, 1.165) is 38.5 Å². The Morgan fingerprint density at radius 1 is 0.806 bits per heavy atom. The number of esters is 1. The van der Waals surface area contributed by atoms with Gasteiger partial charge < -0.3 is 24.4 Å². The third-order valence-electron chi connectivity index (χ3n) is 5.91. The van der Waals surface area contributed by atoms with Crippen molar-refractivity contribution in [2.24, 2.45) is 0 Å². The van der Waals surface area contributed by atoms with E-state index in [2.05, 4.69) is 0 Å². The largest absolute Gasteiger partial charge is 0.507 e. The predicted molar refractivity (Wildman–Crippen MR) is 136 cm³/mol. The van der Waals surface area contributed by atoms with E-state index >= 15 is 0 Å². The number of hydrogen-bond donors (Lipinski definition) is 2. The molecule has 0 spiro atoms. The lowest BCUT2D eigenvalue weighted by Gasteiger charge is -2.16. The van der Waals surface area contributed by atoms with Gasteiger partial charge in [-0.1, -0.05) is 39.5 Å². The quantitative estimate of drug-likeness (QED) is 0.180. The molecule has 0 aliphatic carbocycles. The monoisotopic (exact) mass is 500 g/mol. The van der Waals surface area contributed by atoms with Gasteiger partial charge in [-0.25, -0.2) is 9.59 Å². The first-order valence-electron chi connectivity index (χ1n) is 12.3. The van der Waals surface area contributed by atoms with Gasteiger partial charge in [0.25, 0.3) is 0 Å². The van der Waals surface area contributed by atoms with E-state index in [9.17, 15) is 24.6 Å². The van der Waals surface area contributed by atoms with Crippen molar-refractivity contribution < 1.29 is 38.8 Å². The fourth-order valence-corrected chi connectivity index (χ4v) is 4.05. The zero-order valence-corrected chi connectivity index (χ0v) is 21.5. The standard InChI is InChI=1S/C28H36O8/c1-5-7-9-11-18-14-22(17-24(35-4)26(18)27(31)32)36-28(33)25-19(13-20(29)12-10-8-6-2)15-21(34-3)16-23(25)30/h14-17,30H,5-13H2,1-4H3,(H,31,32). The number of carbonyl (C=O) groups is 3. The van der Waals surface area contributed by atoms with Crippen molar-refractivity contribution in [3.05, 3.63) is 46.5 Å². The van der Waals surface area contributed by atoms with E-state index < -0.39 is 11.9 Å². The number of phenolic OH excluding ortho intramolecular Hbond substituents is 1. The van der Waals surface area contributed by atoms with Crippen LogP contribution in [0.25, 0.3) is 0 Å². The summed E-state index contributed by atoms with van der Waals surface area (Å²) in [5.41, 5.74) is 0.687. The van der Waals surface area contributed by atoms with Gasteiger partial charge in [0, 0.05) is 25.0 Å². The van der Waals surface area contributed by atoms with Crippen molar-refractivity contribution in [2.75, 3.05) is 14.2 Å². The number of carbonyl (C=O) groups excluding carboxylic acids is 2. The zero-order chi connectivity index (χ0) is 26.7. The van der Waals surface area contributed by atoms with E-state index in [4.69, 9.17) is 14.2 Å². The Kier molecular flexibility index (Phi) is 11.2. The topological polar surface area (TPSA) is 119 Å². The fourth-order valence-electron chi connectivity index (χ4n) is 4.05. The molecule has 2 N–H and O–H groups in total. The molecule has 2 aromatic carbocycles. The van der Waals surface area contributed by atoms with Crippen molar-refractivity contribution in [3.8, 4) is 23.0 Å². The molecule has 0 aromatic heterocycles. The molecule has 36 heavy (non-hydrogen) atoms. The van der Waals surface area contributed by atoms with Gasteiger partial charge in [0.15, 0.2) is 0 Å². The average molecular weight is 501 g/mol. The molecule has 2 rings (SSSR count). The van der Waals surface area contributed by atoms with Gasteiger partial charge in [-0.2, -0.15) is 0 Å². The van der Waals surface area contributed by atoms with Gasteiger partial charge in [0.05, 0.1) is 14.2 Å². The summed E-state index contributed by atoms with van der Waals surface area (Å²) in [5.74, 6) is -1.95. The van der Waals surface area contributed by atoms with Gasteiger partial charge in [0.1, 0.15) is 39.9 Å². The smallest absolute Gasteiger partial charge is 0.347 e. The summed E-state index contributed by atoms with van der Waals surface area (Å²) in [5, 5.41) is 20.3. The lowest BCUT2D eigenvalue weighted by Crippen LogP contribution is -2.15. The Hall–Kier alpha value is -3.55. The minimum absolute atomic E-state index is 0.0269. The van der Waals surface area contributed by atoms with Crippen molar-refractivity contribution >= 4 is 17.7 Å². The van der Waals surface area contributed by atoms with Gasteiger partial charge in [-0.05, 0) is 42.5 Å². The number of aryl methyl sites for hydroxylation is 1. The molecule has 0 fully saturated rings. The van der Waals surface area contributed by atoms with Crippen molar-refractivity contribution in [1.82, 2.24) is 0 Å². The second-order valence-electron chi connectivity index (χ2n) is 8.66. The van der Waals surface area contributed by atoms with E-state index in [1.165, 1.54) is 32.4 Å². The molecule has 0 aliphatic rings. The molecule has 0 saturated carbocycles. The number of rotatable bonds is 15. The molecule has 8 nitrogen and oxygen atoms in total. The van der Waals surface area contributed by atoms with Crippen LogP contribution in [0, 0.1) is 0 Å². The van der Waals surface area contributed by atoms with Crippen LogP contribution in [0.15, 0.2) is 24.3 Å². The highest BCUT2D eigenvalue weighted by atomic mass is 16.5. The normalized spacial score (nSPS) is 10.7. The maximum absolute atomic E-state index is 13.2. The molecule has 0 bridgehead atoms. The fraction of sp³-hybridized carbons (Fsp3) is 0.464. The second-order valence-corrected chi connectivity index (χ2v) is 8.66. The molecular formula is C28H36O8. The number of carboxylic acids is 1. The number of ether oxygens (including phenoxy) is 3. The average Bonchev–Trinajstić information content (AvgIpc) is 2.83. The molecule has 0 amide bonds. The lowest BCUT2D eigenvalue weighted by atomic mass is 9.98. The summed E-state index contributed by atoms with van der Waals surface area (Å²) in [6.07, 6.45) is 6.10. The lowest BCUT2D eigenvalue weighted by molar-refractivity contribution is -0.118. The molecule has 0 aliphatic heterocycles. The number of unbranched alkanes of at least 4 members (excludes halogenated alkanes) is 4. The number of benzene rings is 2. The molecule has 0 radical (unpaired) electrons. The molecule has 0 saturated heterocycles. The first-order valence-corrected chi connectivity index (χ1v) is 12.3. The maximum Gasteiger partial charge on any atom is 0.347 e. The van der Waals surface area contributed by atoms with Crippen molar-refractivity contribution in [1.29, 1.82) is 0 Å². The van der Waals surface area contributed by atoms with Crippen LogP contribution in [0.4, 0.5) is 0 Å². The Morgan fingerprint density at radius 2 is 1.47 bits per heavy atom. The maximum atomic E-state index is 13.2. The number of carboxylic acid groups (broad SMARTS) is 1. The number of hydrogen-bond acceptors (Lipinski definition) is 7. The van der Waals surface area contributed by atoms with E-state index in [1.807, 2.05) is 13.8 Å². The first kappa shape index (κ1) is 28.7. The SMILES string of the molecule is CCCCCC(=O)Cc1cc(OC)cc(O)c1C(=O)Oc1cc(CCCCC)c(C(=O)O)c(OC)c1. The van der Waals surface area contributed by atoms with Crippen molar-refractivity contribution in [3.63, 3.8) is 0 Å². The van der Waals surface area contributed by atoms with Crippen LogP contribution >= 0.6 is 0 Å². The van der Waals surface area contributed by atoms with Crippen LogP contribution in [0.3, 0.4) is 0 Å². The van der Waals surface area contributed by atoms with Gasteiger partial charge >= 0.3 is 11.9 Å². The van der Waals surface area contributed by atoms with E-state index in [1.54, 1.807) is 6.07 Å². The molecule has 0 unspecified atom stereocenters. The van der Waals surface area contributed by atoms with Crippen LogP contribution in [-0.4, -0.2) is 42.2 Å². The van der Waals surface area contributed by atoms with E-state index in [0.29, 0.717) is 29.7 Å². The Balaban J connectivity index is 2.42. The third kappa shape index (κ3) is 7.73. The summed E-state index contributed by atoms with van der Waals surface area (Å²) in [7, 11) is 2.77. The highest BCUT2D eigenvalue weighted by Gasteiger charge is 2.24. The molecular weight excluding hydrogens is 464 g/mol. The Morgan fingerprint density at radius 3 is 2.08 bits per heavy atom. The molecule has 0 atom stereocenters. The molecule has 196 valence electrons. The van der Waals surface area contributed by atoms with Crippen LogP contribution in [-0.2, 0) is 17.6 Å². The molecule has 8 heteroatoms. The molecule has 0 heterocycles. The summed E-state index contributed by atoms with van der Waals surface area (Å²) in [6.45, 7) is 4.09. The second kappa shape index (κ2) is 14.1. The van der Waals surface area contributed by atoms with E-state index in [-0.39, 0.29) is 40.6 Å². The summed E-state index contributed by atoms with van der Waals surface area (Å²) < 4.78 is 16.1. The third-order valence-corrected chi connectivity index (χ3v) is 5.91. The first-order chi connectivity index (χ1) is 17.2. The number of ketones is 1. The summed E-state index contributed by atoms with van der Waals surface area (Å²) >= 11 is 0. The van der Waals surface area contributed by atoms with Gasteiger partial charge in [-0.3, -0.25) is 4.79 Å². The van der Waals surface area contributed by atoms with Gasteiger partial charge in [0.2, 0.25) is 0 Å². The van der Waals surface area contributed by atoms with Crippen LogP contribution < -0.4 is 14.2 Å². The Labute approximate surface area is 212 Å². The highest BCUT2D eigenvalue weighted by Crippen LogP contribution is 2.33. The number of aromatic carboxylic acids is 1. The predicted octanol–water partition coefficient (Wildman–Crippen LogP) is 5.75. The summed E-state index contributed by atoms with van der Waals surface area (Å²) in [6, 6.07) is 5.67. The Bertz CT molecular complexity index is 1070. The zero-order valence-electron chi connectivity index (χ0n) is 21.5. The number of methoxy groups -OCH3 is 2.